The fourth-order valence-electron chi connectivity index (χ4n) is 2.75. The molecule has 1 N–H and O–H groups in total. The van der Waals surface area contributed by atoms with Gasteiger partial charge >= 0.3 is 0 Å². The summed E-state index contributed by atoms with van der Waals surface area (Å²) in [6, 6.07) is 14.3. The Hall–Kier alpha value is -2.84. The summed E-state index contributed by atoms with van der Waals surface area (Å²) in [5.41, 5.74) is 1.67. The maximum absolute atomic E-state index is 12.6. The van der Waals surface area contributed by atoms with Gasteiger partial charge in [-0.15, -0.1) is 0 Å². The van der Waals surface area contributed by atoms with E-state index in [2.05, 4.69) is 9.82 Å². The lowest BCUT2D eigenvalue weighted by atomic mass is 10.3. The lowest BCUT2D eigenvalue weighted by molar-refractivity contribution is 0.297. The molecule has 2 aromatic carbocycles. The van der Waals surface area contributed by atoms with Crippen molar-refractivity contribution in [3.63, 3.8) is 0 Å². The third-order valence-electron chi connectivity index (χ3n) is 4.15. The molecule has 0 spiro atoms. The molecule has 3 aromatic rings. The van der Waals surface area contributed by atoms with E-state index in [1.807, 2.05) is 30.3 Å². The maximum Gasteiger partial charge on any atom is 0.241 e. The van der Waals surface area contributed by atoms with Crippen LogP contribution in [0.4, 0.5) is 0 Å². The molecule has 0 atom stereocenters. The molecule has 0 fully saturated rings. The minimum absolute atomic E-state index is 0.141. The molecule has 27 heavy (non-hydrogen) atoms. The molecule has 8 heteroatoms. The van der Waals surface area contributed by atoms with Crippen LogP contribution in [0.5, 0.6) is 11.5 Å². The predicted octanol–water partition coefficient (Wildman–Crippen LogP) is 2.51. The largest absolute Gasteiger partial charge is 0.490 e. The minimum atomic E-state index is -3.68. The number of rotatable bonds is 5. The summed E-state index contributed by atoms with van der Waals surface area (Å²) >= 11 is 0. The second-order valence-corrected chi connectivity index (χ2v) is 7.88. The van der Waals surface area contributed by atoms with Crippen molar-refractivity contribution >= 4 is 10.0 Å². The molecule has 0 amide bonds. The van der Waals surface area contributed by atoms with Crippen molar-refractivity contribution < 1.29 is 17.9 Å². The smallest absolute Gasteiger partial charge is 0.241 e. The van der Waals surface area contributed by atoms with Crippen molar-refractivity contribution in [2.45, 2.75) is 17.9 Å². The number of benzene rings is 2. The zero-order chi connectivity index (χ0) is 18.7. The Morgan fingerprint density at radius 1 is 1.04 bits per heavy atom. The number of aromatic nitrogens is 2. The average molecular weight is 385 g/mol. The van der Waals surface area contributed by atoms with E-state index in [-0.39, 0.29) is 11.4 Å². The molecule has 1 aliphatic heterocycles. The molecule has 1 aliphatic rings. The van der Waals surface area contributed by atoms with E-state index < -0.39 is 10.0 Å². The normalized spacial score (nSPS) is 13.9. The van der Waals surface area contributed by atoms with Gasteiger partial charge in [0.2, 0.25) is 10.0 Å². The van der Waals surface area contributed by atoms with Crippen LogP contribution in [0.1, 0.15) is 12.0 Å². The fourth-order valence-corrected chi connectivity index (χ4v) is 3.78. The summed E-state index contributed by atoms with van der Waals surface area (Å²) in [6.45, 7) is 1.20. The molecule has 0 saturated carbocycles. The molecule has 0 unspecified atom stereocenters. The number of ether oxygens (including phenoxy) is 2. The number of nitrogens with one attached hydrogen (secondary N) is 1. The van der Waals surface area contributed by atoms with Crippen LogP contribution in [0, 0.1) is 0 Å². The average Bonchev–Trinajstić information content (AvgIpc) is 3.04. The van der Waals surface area contributed by atoms with Crippen LogP contribution in [0.15, 0.2) is 65.8 Å². The van der Waals surface area contributed by atoms with E-state index in [1.165, 1.54) is 12.1 Å². The first-order valence-electron chi connectivity index (χ1n) is 8.60. The Kier molecular flexibility index (Phi) is 4.83. The Labute approximate surface area is 157 Å². The SMILES string of the molecule is O=S(=O)(NCc1cnn(-c2ccccc2)c1)c1ccc2c(c1)OCCCO2. The quantitative estimate of drug-likeness (QED) is 0.730. The Balaban J connectivity index is 1.48. The first kappa shape index (κ1) is 17.6. The van der Waals surface area contributed by atoms with Crippen LogP contribution in [0.3, 0.4) is 0 Å². The van der Waals surface area contributed by atoms with E-state index in [4.69, 9.17) is 9.47 Å². The fraction of sp³-hybridized carbons (Fsp3) is 0.211. The van der Waals surface area contributed by atoms with E-state index in [0.717, 1.165) is 17.7 Å². The molecule has 140 valence electrons. The molecule has 0 radical (unpaired) electrons. The van der Waals surface area contributed by atoms with E-state index in [9.17, 15) is 8.42 Å². The standard InChI is InChI=1S/C19H19N3O4S/c23-27(24,17-7-8-18-19(11-17)26-10-4-9-25-18)21-13-15-12-20-22(14-15)16-5-2-1-3-6-16/h1-3,5-8,11-12,14,21H,4,9-10,13H2. The van der Waals surface area contributed by atoms with Gasteiger partial charge in [-0.25, -0.2) is 17.8 Å². The second-order valence-electron chi connectivity index (χ2n) is 6.11. The van der Waals surface area contributed by atoms with Gasteiger partial charge in [-0.2, -0.15) is 5.10 Å². The minimum Gasteiger partial charge on any atom is -0.490 e. The number of sulfonamides is 1. The third-order valence-corrected chi connectivity index (χ3v) is 5.55. The van der Waals surface area contributed by atoms with E-state index in [1.54, 1.807) is 23.1 Å². The van der Waals surface area contributed by atoms with Gasteiger partial charge in [0, 0.05) is 30.8 Å². The van der Waals surface area contributed by atoms with Gasteiger partial charge in [0.05, 0.1) is 30.0 Å². The molecular weight excluding hydrogens is 366 g/mol. The van der Waals surface area contributed by atoms with Crippen LogP contribution < -0.4 is 14.2 Å². The Morgan fingerprint density at radius 2 is 1.81 bits per heavy atom. The molecular formula is C19H19N3O4S. The Morgan fingerprint density at radius 3 is 2.63 bits per heavy atom. The van der Waals surface area contributed by atoms with Crippen LogP contribution in [0.25, 0.3) is 5.69 Å². The maximum atomic E-state index is 12.6. The summed E-state index contributed by atoms with van der Waals surface area (Å²) in [4.78, 5) is 0.141. The number of nitrogens with zero attached hydrogens (tertiary/aromatic N) is 2. The van der Waals surface area contributed by atoms with Crippen molar-refractivity contribution in [2.24, 2.45) is 0 Å². The van der Waals surface area contributed by atoms with Crippen LogP contribution in [0.2, 0.25) is 0 Å². The van der Waals surface area contributed by atoms with E-state index in [0.29, 0.717) is 24.7 Å². The van der Waals surface area contributed by atoms with Crippen LogP contribution in [-0.2, 0) is 16.6 Å². The number of fused-ring (bicyclic) bond motifs is 1. The van der Waals surface area contributed by atoms with Crippen molar-refractivity contribution in [1.29, 1.82) is 0 Å². The molecule has 0 aliphatic carbocycles. The highest BCUT2D eigenvalue weighted by atomic mass is 32.2. The summed E-state index contributed by atoms with van der Waals surface area (Å²) in [6.07, 6.45) is 4.20. The molecule has 7 nitrogen and oxygen atoms in total. The van der Waals surface area contributed by atoms with Crippen LogP contribution >= 0.6 is 0 Å². The monoisotopic (exact) mass is 385 g/mol. The lowest BCUT2D eigenvalue weighted by Crippen LogP contribution is -2.23. The summed E-state index contributed by atoms with van der Waals surface area (Å²) in [5, 5.41) is 4.27. The first-order chi connectivity index (χ1) is 13.1. The highest BCUT2D eigenvalue weighted by Crippen LogP contribution is 2.31. The topological polar surface area (TPSA) is 82.5 Å². The molecule has 0 saturated heterocycles. The Bertz CT molecular complexity index is 1030. The number of para-hydroxylation sites is 1. The summed E-state index contributed by atoms with van der Waals surface area (Å²) in [5.74, 6) is 1.02. The zero-order valence-corrected chi connectivity index (χ0v) is 15.4. The van der Waals surface area contributed by atoms with Gasteiger partial charge in [0.15, 0.2) is 11.5 Å². The number of hydrogen-bond donors (Lipinski definition) is 1. The zero-order valence-electron chi connectivity index (χ0n) is 14.5. The third kappa shape index (κ3) is 3.96. The van der Waals surface area contributed by atoms with E-state index >= 15 is 0 Å². The second kappa shape index (κ2) is 7.42. The number of hydrogen-bond acceptors (Lipinski definition) is 5. The molecule has 1 aromatic heterocycles. The highest BCUT2D eigenvalue weighted by Gasteiger charge is 2.19. The molecule has 2 heterocycles. The van der Waals surface area contributed by atoms with Crippen molar-refractivity contribution in [3.05, 3.63) is 66.5 Å². The predicted molar refractivity (Wildman–Crippen MR) is 99.6 cm³/mol. The summed E-state index contributed by atoms with van der Waals surface area (Å²) in [7, 11) is -3.68. The van der Waals surface area contributed by atoms with Crippen molar-refractivity contribution in [1.82, 2.24) is 14.5 Å². The molecule has 0 bridgehead atoms. The van der Waals surface area contributed by atoms with Gasteiger partial charge in [-0.3, -0.25) is 0 Å². The first-order valence-corrected chi connectivity index (χ1v) is 10.1. The van der Waals surface area contributed by atoms with Gasteiger partial charge in [0.1, 0.15) is 0 Å². The van der Waals surface area contributed by atoms with Gasteiger partial charge < -0.3 is 9.47 Å². The summed E-state index contributed by atoms with van der Waals surface area (Å²) < 4.78 is 40.7. The lowest BCUT2D eigenvalue weighted by Gasteiger charge is -2.10. The van der Waals surface area contributed by atoms with Crippen LogP contribution in [-0.4, -0.2) is 31.4 Å². The highest BCUT2D eigenvalue weighted by molar-refractivity contribution is 7.89. The van der Waals surface area contributed by atoms with Gasteiger partial charge in [-0.05, 0) is 24.3 Å². The van der Waals surface area contributed by atoms with Crippen molar-refractivity contribution in [3.8, 4) is 17.2 Å². The van der Waals surface area contributed by atoms with Crippen molar-refractivity contribution in [2.75, 3.05) is 13.2 Å². The van der Waals surface area contributed by atoms with Gasteiger partial charge in [-0.1, -0.05) is 18.2 Å². The van der Waals surface area contributed by atoms with Gasteiger partial charge in [0.25, 0.3) is 0 Å². The molecule has 4 rings (SSSR count).